The number of aromatic nitrogens is 1. The summed E-state index contributed by atoms with van der Waals surface area (Å²) in [6.45, 7) is 0. The number of benzene rings is 1. The Hall–Kier alpha value is -2.10. The van der Waals surface area contributed by atoms with Crippen molar-refractivity contribution in [3.05, 3.63) is 30.0 Å². The molecule has 4 nitrogen and oxygen atoms in total. The van der Waals surface area contributed by atoms with Crippen LogP contribution in [0.5, 0.6) is 0 Å². The number of hydrogen-bond acceptors (Lipinski definition) is 3. The van der Waals surface area contributed by atoms with E-state index in [9.17, 15) is 4.79 Å². The summed E-state index contributed by atoms with van der Waals surface area (Å²) in [5, 5.41) is 1.05. The van der Waals surface area contributed by atoms with E-state index in [1.807, 2.05) is 24.4 Å². The Morgan fingerprint density at radius 3 is 3.12 bits per heavy atom. The average molecular weight is 214 g/mol. The molecule has 16 heavy (non-hydrogen) atoms. The molecule has 0 atom stereocenters. The fourth-order valence-corrected chi connectivity index (χ4v) is 2.03. The maximum atomic E-state index is 11.4. The van der Waals surface area contributed by atoms with Gasteiger partial charge in [0.2, 0.25) is 0 Å². The maximum absolute atomic E-state index is 11.4. The molecule has 0 spiro atoms. The number of rotatable bonds is 1. The lowest BCUT2D eigenvalue weighted by atomic mass is 10.1. The van der Waals surface area contributed by atoms with Crippen LogP contribution in [-0.4, -0.2) is 23.8 Å². The van der Waals surface area contributed by atoms with E-state index in [0.717, 1.165) is 22.2 Å². The zero-order chi connectivity index (χ0) is 11.1. The molecule has 1 aromatic heterocycles. The van der Waals surface area contributed by atoms with Crippen molar-refractivity contribution in [1.29, 1.82) is 0 Å². The molecule has 0 unspecified atom stereocenters. The van der Waals surface area contributed by atoms with Crippen LogP contribution < -0.4 is 0 Å². The third-order valence-electron chi connectivity index (χ3n) is 2.82. The van der Waals surface area contributed by atoms with Gasteiger partial charge in [-0.05, 0) is 17.7 Å². The summed E-state index contributed by atoms with van der Waals surface area (Å²) in [5.74, 6) is -0.347. The Morgan fingerprint density at radius 2 is 2.31 bits per heavy atom. The van der Waals surface area contributed by atoms with Crippen LogP contribution >= 0.6 is 0 Å². The van der Waals surface area contributed by atoms with Crippen molar-refractivity contribution < 1.29 is 9.53 Å². The van der Waals surface area contributed by atoms with Crippen LogP contribution in [0.2, 0.25) is 0 Å². The summed E-state index contributed by atoms with van der Waals surface area (Å²) >= 11 is 0. The number of carbonyl (C=O) groups excluding carboxylic acids is 1. The molecule has 3 rings (SSSR count). The normalized spacial score (nSPS) is 13.7. The number of hydrogen-bond donors (Lipinski definition) is 1. The second-order valence-electron chi connectivity index (χ2n) is 3.74. The fraction of sp³-hybridized carbons (Fsp3) is 0.167. The van der Waals surface area contributed by atoms with Gasteiger partial charge >= 0.3 is 5.97 Å². The minimum absolute atomic E-state index is 0.347. The highest BCUT2D eigenvalue weighted by atomic mass is 16.5. The molecule has 0 saturated carbocycles. The summed E-state index contributed by atoms with van der Waals surface area (Å²) in [4.78, 5) is 18.9. The van der Waals surface area contributed by atoms with E-state index in [1.54, 1.807) is 0 Å². The van der Waals surface area contributed by atoms with Gasteiger partial charge in [-0.25, -0.2) is 9.79 Å². The lowest BCUT2D eigenvalue weighted by Crippen LogP contribution is -2.15. The molecule has 0 bridgehead atoms. The predicted molar refractivity (Wildman–Crippen MR) is 61.1 cm³/mol. The first-order valence-electron chi connectivity index (χ1n) is 5.04. The van der Waals surface area contributed by atoms with E-state index in [-0.39, 0.29) is 5.97 Å². The van der Waals surface area contributed by atoms with Gasteiger partial charge in [0.25, 0.3) is 0 Å². The highest BCUT2D eigenvalue weighted by Gasteiger charge is 2.22. The topological polar surface area (TPSA) is 54.4 Å². The summed E-state index contributed by atoms with van der Waals surface area (Å²) in [5.41, 5.74) is 3.48. The van der Waals surface area contributed by atoms with Gasteiger partial charge in [-0.15, -0.1) is 0 Å². The molecule has 1 aromatic carbocycles. The number of carbonyl (C=O) groups is 1. The molecule has 2 heterocycles. The van der Waals surface area contributed by atoms with Crippen molar-refractivity contribution in [3.63, 3.8) is 0 Å². The second kappa shape index (κ2) is 3.20. The number of fused-ring (bicyclic) bond motifs is 3. The summed E-state index contributed by atoms with van der Waals surface area (Å²) in [7, 11) is 1.37. The molecule has 80 valence electrons. The monoisotopic (exact) mass is 214 g/mol. The molecule has 0 radical (unpaired) electrons. The molecule has 0 amide bonds. The number of nitrogens with one attached hydrogen (secondary N) is 1. The second-order valence-corrected chi connectivity index (χ2v) is 3.74. The fourth-order valence-electron chi connectivity index (χ4n) is 2.03. The van der Waals surface area contributed by atoms with Crippen LogP contribution in [0.4, 0.5) is 5.69 Å². The van der Waals surface area contributed by atoms with Crippen molar-refractivity contribution in [2.45, 2.75) is 6.42 Å². The zero-order valence-electron chi connectivity index (χ0n) is 8.78. The van der Waals surface area contributed by atoms with Crippen LogP contribution in [0.15, 0.2) is 29.4 Å². The molecular formula is C12H10N2O2. The van der Waals surface area contributed by atoms with Crippen LogP contribution in [0.3, 0.4) is 0 Å². The third kappa shape index (κ3) is 1.16. The highest BCUT2D eigenvalue weighted by Crippen LogP contribution is 2.34. The number of aromatic amines is 1. The molecule has 4 heteroatoms. The predicted octanol–water partition coefficient (Wildman–Crippen LogP) is 1.97. The lowest BCUT2D eigenvalue weighted by molar-refractivity contribution is -0.132. The number of methoxy groups -OCH3 is 1. The van der Waals surface area contributed by atoms with Crippen LogP contribution in [0.25, 0.3) is 10.9 Å². The number of esters is 1. The first-order chi connectivity index (χ1) is 7.79. The zero-order valence-corrected chi connectivity index (χ0v) is 8.78. The summed E-state index contributed by atoms with van der Waals surface area (Å²) in [6.07, 6.45) is 2.43. The van der Waals surface area contributed by atoms with Gasteiger partial charge in [0.15, 0.2) is 0 Å². The van der Waals surface area contributed by atoms with Crippen LogP contribution in [0.1, 0.15) is 5.56 Å². The Kier molecular flexibility index (Phi) is 1.83. The van der Waals surface area contributed by atoms with Crippen molar-refractivity contribution in [2.75, 3.05) is 7.11 Å². The first kappa shape index (κ1) is 9.15. The Labute approximate surface area is 91.9 Å². The summed E-state index contributed by atoms with van der Waals surface area (Å²) in [6, 6.07) is 5.97. The molecule has 1 aliphatic heterocycles. The van der Waals surface area contributed by atoms with Gasteiger partial charge in [0.1, 0.15) is 5.71 Å². The smallest absolute Gasteiger partial charge is 0.352 e. The van der Waals surface area contributed by atoms with Crippen LogP contribution in [0, 0.1) is 0 Å². The Morgan fingerprint density at radius 1 is 1.44 bits per heavy atom. The van der Waals surface area contributed by atoms with Gasteiger partial charge in [-0.2, -0.15) is 0 Å². The Balaban J connectivity index is 2.17. The number of H-pyrrole nitrogens is 1. The van der Waals surface area contributed by atoms with Gasteiger partial charge in [0.05, 0.1) is 12.8 Å². The third-order valence-corrected chi connectivity index (χ3v) is 2.82. The van der Waals surface area contributed by atoms with E-state index < -0.39 is 0 Å². The van der Waals surface area contributed by atoms with Crippen molar-refractivity contribution in [2.24, 2.45) is 4.99 Å². The highest BCUT2D eigenvalue weighted by molar-refractivity contribution is 6.39. The van der Waals surface area contributed by atoms with Crippen molar-refractivity contribution in [3.8, 4) is 0 Å². The number of nitrogens with zero attached hydrogens (tertiary/aromatic N) is 1. The largest absolute Gasteiger partial charge is 0.465 e. The molecule has 1 N–H and O–H groups in total. The Bertz CT molecular complexity index is 611. The van der Waals surface area contributed by atoms with E-state index >= 15 is 0 Å². The molecule has 2 aromatic rings. The lowest BCUT2D eigenvalue weighted by Gasteiger charge is -1.97. The number of ether oxygens (including phenoxy) is 1. The molecule has 1 aliphatic rings. The minimum Gasteiger partial charge on any atom is -0.465 e. The molecule has 0 fully saturated rings. The molecular weight excluding hydrogens is 204 g/mol. The molecule has 0 saturated heterocycles. The van der Waals surface area contributed by atoms with E-state index in [0.29, 0.717) is 12.1 Å². The minimum atomic E-state index is -0.347. The van der Waals surface area contributed by atoms with Gasteiger partial charge in [0, 0.05) is 23.5 Å². The quantitative estimate of drug-likeness (QED) is 0.738. The first-order valence-corrected chi connectivity index (χ1v) is 5.04. The summed E-state index contributed by atoms with van der Waals surface area (Å²) < 4.78 is 4.68. The number of aliphatic imine (C=N–C) groups is 1. The van der Waals surface area contributed by atoms with Gasteiger partial charge < -0.3 is 9.72 Å². The van der Waals surface area contributed by atoms with E-state index in [2.05, 4.69) is 14.7 Å². The van der Waals surface area contributed by atoms with Gasteiger partial charge in [-0.1, -0.05) is 6.07 Å². The SMILES string of the molecule is COC(=O)C1=Nc2c(ccc3[nH]ccc23)C1. The van der Waals surface area contributed by atoms with Crippen molar-refractivity contribution in [1.82, 2.24) is 4.98 Å². The van der Waals surface area contributed by atoms with Crippen LogP contribution in [-0.2, 0) is 16.0 Å². The van der Waals surface area contributed by atoms with E-state index in [4.69, 9.17) is 0 Å². The standard InChI is InChI=1S/C12H10N2O2/c1-16-12(15)10-6-7-2-3-9-8(4-5-13-9)11(7)14-10/h2-5,13H,6H2,1H3. The van der Waals surface area contributed by atoms with Gasteiger partial charge in [-0.3, -0.25) is 0 Å². The average Bonchev–Trinajstić information content (AvgIpc) is 2.92. The van der Waals surface area contributed by atoms with E-state index in [1.165, 1.54) is 7.11 Å². The van der Waals surface area contributed by atoms with Crippen molar-refractivity contribution >= 4 is 28.3 Å². The maximum Gasteiger partial charge on any atom is 0.352 e. The molecule has 0 aliphatic carbocycles.